The molecule has 4 nitrogen and oxygen atoms in total. The fourth-order valence-corrected chi connectivity index (χ4v) is 1.85. The van der Waals surface area contributed by atoms with Crippen LogP contribution in [0.4, 0.5) is 0 Å². The van der Waals surface area contributed by atoms with E-state index in [1.807, 2.05) is 6.92 Å². The number of aliphatic hydroxyl groups excluding tert-OH is 1. The van der Waals surface area contributed by atoms with Gasteiger partial charge in [-0.3, -0.25) is 4.90 Å². The number of hydrogen-bond donors (Lipinski definition) is 2. The monoisotopic (exact) mass is 187 g/mol. The van der Waals surface area contributed by atoms with Crippen LogP contribution in [-0.2, 0) is 0 Å². The van der Waals surface area contributed by atoms with Gasteiger partial charge in [0.25, 0.3) is 0 Å². The molecule has 0 saturated carbocycles. The van der Waals surface area contributed by atoms with Crippen LogP contribution < -0.4 is 5.73 Å². The Hall–Kier alpha value is -0.160. The zero-order valence-electron chi connectivity index (χ0n) is 8.61. The number of nitrogens with two attached hydrogens (primary N) is 1. The second kappa shape index (κ2) is 4.91. The molecule has 0 amide bonds. The first-order valence-corrected chi connectivity index (χ1v) is 4.94. The van der Waals surface area contributed by atoms with Gasteiger partial charge in [-0.05, 0) is 14.0 Å². The van der Waals surface area contributed by atoms with Crippen molar-refractivity contribution in [2.24, 2.45) is 5.73 Å². The summed E-state index contributed by atoms with van der Waals surface area (Å²) in [6.07, 6.45) is -0.252. The zero-order valence-corrected chi connectivity index (χ0v) is 8.61. The van der Waals surface area contributed by atoms with Crippen molar-refractivity contribution in [3.05, 3.63) is 0 Å². The molecule has 2 atom stereocenters. The highest BCUT2D eigenvalue weighted by Crippen LogP contribution is 2.07. The molecule has 78 valence electrons. The van der Waals surface area contributed by atoms with E-state index in [-0.39, 0.29) is 6.10 Å². The Morgan fingerprint density at radius 3 is 2.77 bits per heavy atom. The van der Waals surface area contributed by atoms with Crippen LogP contribution in [0.5, 0.6) is 0 Å². The number of rotatable bonds is 3. The lowest BCUT2D eigenvalue weighted by molar-refractivity contribution is 0.0507. The summed E-state index contributed by atoms with van der Waals surface area (Å²) >= 11 is 0. The van der Waals surface area contributed by atoms with Crippen LogP contribution in [0.3, 0.4) is 0 Å². The third-order valence-electron chi connectivity index (χ3n) is 2.58. The van der Waals surface area contributed by atoms with E-state index in [9.17, 15) is 5.11 Å². The van der Waals surface area contributed by atoms with Crippen molar-refractivity contribution >= 4 is 0 Å². The number of likely N-dealkylation sites (N-methyl/N-ethyl adjacent to an activating group) is 1. The average molecular weight is 187 g/mol. The van der Waals surface area contributed by atoms with Crippen molar-refractivity contribution in [2.75, 3.05) is 39.8 Å². The van der Waals surface area contributed by atoms with Gasteiger partial charge in [0.15, 0.2) is 0 Å². The smallest absolute Gasteiger partial charge is 0.0639 e. The molecule has 3 N–H and O–H groups in total. The van der Waals surface area contributed by atoms with Crippen LogP contribution in [0.2, 0.25) is 0 Å². The summed E-state index contributed by atoms with van der Waals surface area (Å²) in [6.45, 7) is 6.36. The van der Waals surface area contributed by atoms with Crippen LogP contribution in [0, 0.1) is 0 Å². The van der Waals surface area contributed by atoms with Crippen molar-refractivity contribution in [3.8, 4) is 0 Å². The van der Waals surface area contributed by atoms with Crippen LogP contribution >= 0.6 is 0 Å². The lowest BCUT2D eigenvalue weighted by Gasteiger charge is -2.40. The van der Waals surface area contributed by atoms with E-state index in [0.717, 1.165) is 26.2 Å². The van der Waals surface area contributed by atoms with E-state index < -0.39 is 0 Å². The second-order valence-electron chi connectivity index (χ2n) is 4.00. The molecule has 0 aromatic carbocycles. The third-order valence-corrected chi connectivity index (χ3v) is 2.58. The van der Waals surface area contributed by atoms with Crippen LogP contribution in [0.15, 0.2) is 0 Å². The van der Waals surface area contributed by atoms with E-state index in [0.29, 0.717) is 12.6 Å². The molecular weight excluding hydrogens is 166 g/mol. The molecule has 4 heteroatoms. The number of piperazine rings is 1. The van der Waals surface area contributed by atoms with E-state index in [2.05, 4.69) is 16.8 Å². The molecule has 1 saturated heterocycles. The van der Waals surface area contributed by atoms with Gasteiger partial charge in [-0.15, -0.1) is 0 Å². The fraction of sp³-hybridized carbons (Fsp3) is 1.00. The summed E-state index contributed by atoms with van der Waals surface area (Å²) in [5, 5.41) is 9.29. The van der Waals surface area contributed by atoms with Crippen molar-refractivity contribution in [1.82, 2.24) is 9.80 Å². The molecule has 13 heavy (non-hydrogen) atoms. The second-order valence-corrected chi connectivity index (χ2v) is 4.00. The normalized spacial score (nSPS) is 29.1. The quantitative estimate of drug-likeness (QED) is 0.591. The van der Waals surface area contributed by atoms with Crippen molar-refractivity contribution in [1.29, 1.82) is 0 Å². The molecule has 0 aromatic rings. The predicted octanol–water partition coefficient (Wildman–Crippen LogP) is -1.06. The highest BCUT2D eigenvalue weighted by Gasteiger charge is 2.24. The van der Waals surface area contributed by atoms with Gasteiger partial charge in [0.1, 0.15) is 0 Å². The molecule has 1 heterocycles. The Labute approximate surface area is 80.3 Å². The van der Waals surface area contributed by atoms with Crippen LogP contribution in [0.1, 0.15) is 6.92 Å². The lowest BCUT2D eigenvalue weighted by Crippen LogP contribution is -2.56. The molecule has 1 aliphatic rings. The summed E-state index contributed by atoms with van der Waals surface area (Å²) in [7, 11) is 2.11. The highest BCUT2D eigenvalue weighted by atomic mass is 16.3. The van der Waals surface area contributed by atoms with Crippen molar-refractivity contribution in [3.63, 3.8) is 0 Å². The van der Waals surface area contributed by atoms with Crippen LogP contribution in [0.25, 0.3) is 0 Å². The maximum atomic E-state index is 9.29. The fourth-order valence-electron chi connectivity index (χ4n) is 1.85. The van der Waals surface area contributed by atoms with Gasteiger partial charge < -0.3 is 15.7 Å². The molecule has 0 aromatic heterocycles. The maximum Gasteiger partial charge on any atom is 0.0639 e. The Balaban J connectivity index is 2.42. The average Bonchev–Trinajstić information content (AvgIpc) is 2.07. The minimum absolute atomic E-state index is 0.252. The SMILES string of the molecule is C[C@@H](O)CN1CCN(C)CC1CN. The molecule has 1 unspecified atom stereocenters. The van der Waals surface area contributed by atoms with E-state index >= 15 is 0 Å². The van der Waals surface area contributed by atoms with E-state index in [4.69, 9.17) is 5.73 Å². The molecule has 0 bridgehead atoms. The topological polar surface area (TPSA) is 52.7 Å². The minimum atomic E-state index is -0.252. The largest absolute Gasteiger partial charge is 0.392 e. The van der Waals surface area contributed by atoms with Gasteiger partial charge >= 0.3 is 0 Å². The number of aliphatic hydroxyl groups is 1. The van der Waals surface area contributed by atoms with Crippen molar-refractivity contribution < 1.29 is 5.11 Å². The number of nitrogens with zero attached hydrogens (tertiary/aromatic N) is 2. The first-order chi connectivity index (χ1) is 6.13. The lowest BCUT2D eigenvalue weighted by atomic mass is 10.1. The summed E-state index contributed by atoms with van der Waals surface area (Å²) in [4.78, 5) is 4.57. The third kappa shape index (κ3) is 3.23. The minimum Gasteiger partial charge on any atom is -0.392 e. The highest BCUT2D eigenvalue weighted by molar-refractivity contribution is 4.82. The van der Waals surface area contributed by atoms with Gasteiger partial charge in [-0.2, -0.15) is 0 Å². The predicted molar refractivity (Wildman–Crippen MR) is 53.6 cm³/mol. The molecular formula is C9H21N3O. The van der Waals surface area contributed by atoms with Gasteiger partial charge in [-0.1, -0.05) is 0 Å². The number of β-amino-alcohol motifs (C(OH)–C–C–N with tert-alkyl or cyclic N) is 1. The summed E-state index contributed by atoms with van der Waals surface area (Å²) in [5.74, 6) is 0. The Morgan fingerprint density at radius 2 is 2.23 bits per heavy atom. The Morgan fingerprint density at radius 1 is 1.54 bits per heavy atom. The number of hydrogen-bond acceptors (Lipinski definition) is 4. The molecule has 0 spiro atoms. The summed E-state index contributed by atoms with van der Waals surface area (Å²) < 4.78 is 0. The first-order valence-electron chi connectivity index (χ1n) is 4.94. The molecule has 1 fully saturated rings. The van der Waals surface area contributed by atoms with Gasteiger partial charge in [0, 0.05) is 38.8 Å². The van der Waals surface area contributed by atoms with E-state index in [1.54, 1.807) is 0 Å². The molecule has 0 radical (unpaired) electrons. The molecule has 0 aliphatic carbocycles. The van der Waals surface area contributed by atoms with Gasteiger partial charge in [0.2, 0.25) is 0 Å². The Bertz CT molecular complexity index is 152. The molecule has 1 aliphatic heterocycles. The standard InChI is InChI=1S/C9H21N3O/c1-8(13)6-12-4-3-11(2)7-9(12)5-10/h8-9,13H,3-7,10H2,1-2H3/t8-,9?/m1/s1. The van der Waals surface area contributed by atoms with Crippen molar-refractivity contribution in [2.45, 2.75) is 19.1 Å². The first kappa shape index (κ1) is 10.9. The van der Waals surface area contributed by atoms with Gasteiger partial charge in [0.05, 0.1) is 6.10 Å². The van der Waals surface area contributed by atoms with E-state index in [1.165, 1.54) is 0 Å². The van der Waals surface area contributed by atoms with Crippen LogP contribution in [-0.4, -0.2) is 66.8 Å². The maximum absolute atomic E-state index is 9.29. The summed E-state index contributed by atoms with van der Waals surface area (Å²) in [5.41, 5.74) is 5.68. The zero-order chi connectivity index (χ0) is 9.84. The Kier molecular flexibility index (Phi) is 4.12. The summed E-state index contributed by atoms with van der Waals surface area (Å²) in [6, 6.07) is 0.411. The molecule has 1 rings (SSSR count). The van der Waals surface area contributed by atoms with Gasteiger partial charge in [-0.25, -0.2) is 0 Å².